The zero-order valence-electron chi connectivity index (χ0n) is 9.56. The van der Waals surface area contributed by atoms with Gasteiger partial charge in [0.25, 0.3) is 0 Å². The Bertz CT molecular complexity index is 487. The van der Waals surface area contributed by atoms with Crippen molar-refractivity contribution >= 4 is 31.6 Å². The Balaban J connectivity index is 2.38. The van der Waals surface area contributed by atoms with Gasteiger partial charge in [0.2, 0.25) is 10.0 Å². The maximum atomic E-state index is 12.3. The van der Waals surface area contributed by atoms with Gasteiger partial charge in [0.1, 0.15) is 0 Å². The second-order valence-corrected chi connectivity index (χ2v) is 7.30. The molecular formula is C11H15BrN2O2S. The molecule has 1 fully saturated rings. The van der Waals surface area contributed by atoms with Crippen LogP contribution in [0, 0.1) is 0 Å². The Kier molecular flexibility index (Phi) is 3.75. The largest absolute Gasteiger partial charge is 0.314 e. The van der Waals surface area contributed by atoms with Gasteiger partial charge in [-0.05, 0) is 31.2 Å². The lowest BCUT2D eigenvalue weighted by atomic mass is 10.3. The molecule has 1 N–H and O–H groups in total. The lowest BCUT2D eigenvalue weighted by Gasteiger charge is -2.24. The number of benzene rings is 1. The van der Waals surface area contributed by atoms with E-state index in [1.807, 2.05) is 24.3 Å². The number of halogens is 1. The van der Waals surface area contributed by atoms with Crippen LogP contribution in [-0.2, 0) is 10.0 Å². The average Bonchev–Trinajstić information content (AvgIpc) is 2.41. The van der Waals surface area contributed by atoms with Crippen LogP contribution in [0.4, 0.5) is 5.69 Å². The highest BCUT2D eigenvalue weighted by Gasteiger charge is 2.30. The SMILES string of the molecule is CC1CNCCN(c2ccc(Br)cc2)S1(=O)=O. The number of nitrogens with one attached hydrogen (secondary N) is 1. The zero-order chi connectivity index (χ0) is 12.5. The molecule has 1 aromatic rings. The van der Waals surface area contributed by atoms with Crippen LogP contribution >= 0.6 is 15.9 Å². The summed E-state index contributed by atoms with van der Waals surface area (Å²) in [4.78, 5) is 0. The van der Waals surface area contributed by atoms with Gasteiger partial charge in [-0.1, -0.05) is 15.9 Å². The molecule has 4 nitrogen and oxygen atoms in total. The van der Waals surface area contributed by atoms with E-state index >= 15 is 0 Å². The van der Waals surface area contributed by atoms with Crippen LogP contribution in [0.1, 0.15) is 6.92 Å². The number of hydrogen-bond acceptors (Lipinski definition) is 3. The van der Waals surface area contributed by atoms with E-state index < -0.39 is 15.3 Å². The summed E-state index contributed by atoms with van der Waals surface area (Å²) in [6.45, 7) is 3.41. The van der Waals surface area contributed by atoms with Gasteiger partial charge in [-0.2, -0.15) is 0 Å². The average molecular weight is 319 g/mol. The fourth-order valence-electron chi connectivity index (χ4n) is 1.82. The summed E-state index contributed by atoms with van der Waals surface area (Å²) in [5, 5.41) is 2.74. The first-order valence-corrected chi connectivity index (χ1v) is 7.79. The molecule has 1 aliphatic rings. The van der Waals surface area contributed by atoms with Crippen LogP contribution in [0.2, 0.25) is 0 Å². The second kappa shape index (κ2) is 4.96. The van der Waals surface area contributed by atoms with Gasteiger partial charge in [0, 0.05) is 24.1 Å². The van der Waals surface area contributed by atoms with Crippen molar-refractivity contribution in [1.29, 1.82) is 0 Å². The molecule has 1 unspecified atom stereocenters. The highest BCUT2D eigenvalue weighted by atomic mass is 79.9. The van der Waals surface area contributed by atoms with Gasteiger partial charge in [-0.3, -0.25) is 4.31 Å². The molecule has 17 heavy (non-hydrogen) atoms. The smallest absolute Gasteiger partial charge is 0.239 e. The topological polar surface area (TPSA) is 49.4 Å². The van der Waals surface area contributed by atoms with Gasteiger partial charge < -0.3 is 5.32 Å². The van der Waals surface area contributed by atoms with E-state index in [0.717, 1.165) is 10.2 Å². The molecule has 0 aromatic heterocycles. The van der Waals surface area contributed by atoms with E-state index in [4.69, 9.17) is 0 Å². The number of nitrogens with zero attached hydrogens (tertiary/aromatic N) is 1. The van der Waals surface area contributed by atoms with Crippen molar-refractivity contribution in [3.63, 3.8) is 0 Å². The maximum absolute atomic E-state index is 12.3. The molecule has 1 atom stereocenters. The van der Waals surface area contributed by atoms with Gasteiger partial charge in [0.15, 0.2) is 0 Å². The quantitative estimate of drug-likeness (QED) is 0.855. The molecular weight excluding hydrogens is 304 g/mol. The second-order valence-electron chi connectivity index (χ2n) is 4.11. The molecule has 0 amide bonds. The van der Waals surface area contributed by atoms with Crippen molar-refractivity contribution in [3.8, 4) is 0 Å². The van der Waals surface area contributed by atoms with Crippen molar-refractivity contribution in [2.75, 3.05) is 23.9 Å². The number of hydrogen-bond donors (Lipinski definition) is 1. The Morgan fingerprint density at radius 3 is 2.65 bits per heavy atom. The molecule has 1 aliphatic heterocycles. The van der Waals surface area contributed by atoms with Crippen molar-refractivity contribution < 1.29 is 8.42 Å². The molecule has 6 heteroatoms. The van der Waals surface area contributed by atoms with Crippen molar-refractivity contribution in [3.05, 3.63) is 28.7 Å². The predicted molar refractivity (Wildman–Crippen MR) is 72.7 cm³/mol. The van der Waals surface area contributed by atoms with E-state index in [9.17, 15) is 8.42 Å². The van der Waals surface area contributed by atoms with Crippen LogP contribution in [0.25, 0.3) is 0 Å². The molecule has 0 radical (unpaired) electrons. The molecule has 94 valence electrons. The summed E-state index contributed by atoms with van der Waals surface area (Å²) in [6.07, 6.45) is 0. The Morgan fingerprint density at radius 2 is 2.00 bits per heavy atom. The third-order valence-electron chi connectivity index (χ3n) is 2.85. The van der Waals surface area contributed by atoms with Crippen molar-refractivity contribution in [2.45, 2.75) is 12.2 Å². The molecule has 0 spiro atoms. The molecule has 0 aliphatic carbocycles. The highest BCUT2D eigenvalue weighted by molar-refractivity contribution is 9.10. The van der Waals surface area contributed by atoms with Crippen LogP contribution < -0.4 is 9.62 Å². The van der Waals surface area contributed by atoms with Gasteiger partial charge in [0.05, 0.1) is 10.9 Å². The summed E-state index contributed by atoms with van der Waals surface area (Å²) in [5.74, 6) is 0. The Morgan fingerprint density at radius 1 is 1.35 bits per heavy atom. The minimum atomic E-state index is -3.25. The third kappa shape index (κ3) is 2.64. The first-order chi connectivity index (χ1) is 8.01. The monoisotopic (exact) mass is 318 g/mol. The Hall–Kier alpha value is -0.590. The zero-order valence-corrected chi connectivity index (χ0v) is 12.0. The summed E-state index contributed by atoms with van der Waals surface area (Å²) in [5.41, 5.74) is 0.726. The molecule has 0 saturated carbocycles. The minimum absolute atomic E-state index is 0.395. The molecule has 1 heterocycles. The molecule has 1 saturated heterocycles. The lowest BCUT2D eigenvalue weighted by molar-refractivity contribution is 0.581. The van der Waals surface area contributed by atoms with E-state index in [2.05, 4.69) is 21.2 Å². The third-order valence-corrected chi connectivity index (χ3v) is 5.57. The lowest BCUT2D eigenvalue weighted by Crippen LogP contribution is -2.37. The molecule has 1 aromatic carbocycles. The molecule has 0 bridgehead atoms. The van der Waals surface area contributed by atoms with E-state index in [-0.39, 0.29) is 0 Å². The fourth-order valence-corrected chi connectivity index (χ4v) is 3.61. The summed E-state index contributed by atoms with van der Waals surface area (Å²) >= 11 is 3.34. The molecule has 2 rings (SSSR count). The number of sulfonamides is 1. The number of anilines is 1. The summed E-state index contributed by atoms with van der Waals surface area (Å²) in [7, 11) is -3.25. The highest BCUT2D eigenvalue weighted by Crippen LogP contribution is 2.23. The first-order valence-electron chi connectivity index (χ1n) is 5.49. The fraction of sp³-hybridized carbons (Fsp3) is 0.455. The van der Waals surface area contributed by atoms with E-state index in [1.165, 1.54) is 4.31 Å². The normalized spacial score (nSPS) is 24.4. The van der Waals surface area contributed by atoms with Gasteiger partial charge in [-0.15, -0.1) is 0 Å². The standard InChI is InChI=1S/C11H15BrN2O2S/c1-9-8-13-6-7-14(17(9,15)16)11-4-2-10(12)3-5-11/h2-5,9,13H,6-8H2,1H3. The van der Waals surface area contributed by atoms with Crippen LogP contribution in [0.5, 0.6) is 0 Å². The minimum Gasteiger partial charge on any atom is -0.314 e. The summed E-state index contributed by atoms with van der Waals surface area (Å²) < 4.78 is 27.0. The van der Waals surface area contributed by atoms with Gasteiger partial charge in [-0.25, -0.2) is 8.42 Å². The van der Waals surface area contributed by atoms with Crippen molar-refractivity contribution in [1.82, 2.24) is 5.32 Å². The first kappa shape index (κ1) is 12.9. The van der Waals surface area contributed by atoms with Crippen LogP contribution in [0.3, 0.4) is 0 Å². The Labute approximate surface area is 110 Å². The van der Waals surface area contributed by atoms with Crippen LogP contribution in [0.15, 0.2) is 28.7 Å². The van der Waals surface area contributed by atoms with E-state index in [1.54, 1.807) is 6.92 Å². The summed E-state index contributed by atoms with van der Waals surface area (Å²) in [6, 6.07) is 7.35. The maximum Gasteiger partial charge on any atom is 0.239 e. The van der Waals surface area contributed by atoms with Crippen molar-refractivity contribution in [2.24, 2.45) is 0 Å². The van der Waals surface area contributed by atoms with E-state index in [0.29, 0.717) is 19.6 Å². The predicted octanol–water partition coefficient (Wildman–Crippen LogP) is 1.58. The van der Waals surface area contributed by atoms with Gasteiger partial charge >= 0.3 is 0 Å². The number of rotatable bonds is 1. The van der Waals surface area contributed by atoms with Crippen LogP contribution in [-0.4, -0.2) is 33.3 Å².